The van der Waals surface area contributed by atoms with E-state index < -0.39 is 5.82 Å². The summed E-state index contributed by atoms with van der Waals surface area (Å²) in [6, 6.07) is 6.19. The van der Waals surface area contributed by atoms with Crippen LogP contribution in [0.4, 0.5) is 21.7 Å². The standard InChI is InChI=1S/C15H16FN5/c1-3-11-14(18-4-2)19-9-20-15(11)21-13-6-5-10(8-17)7-12(13)16/h5-7,9H,3-4H2,1-2H3,(H2,18,19,20,21). The van der Waals surface area contributed by atoms with Crippen molar-refractivity contribution in [3.8, 4) is 6.07 Å². The number of nitrogens with zero attached hydrogens (tertiary/aromatic N) is 3. The van der Waals surface area contributed by atoms with Gasteiger partial charge in [-0.1, -0.05) is 6.92 Å². The summed E-state index contributed by atoms with van der Waals surface area (Å²) in [6.07, 6.45) is 2.14. The molecule has 0 saturated heterocycles. The Morgan fingerprint density at radius 3 is 2.62 bits per heavy atom. The summed E-state index contributed by atoms with van der Waals surface area (Å²) in [5, 5.41) is 14.9. The van der Waals surface area contributed by atoms with Gasteiger partial charge in [-0.05, 0) is 31.5 Å². The maximum Gasteiger partial charge on any atom is 0.147 e. The lowest BCUT2D eigenvalue weighted by molar-refractivity contribution is 0.631. The van der Waals surface area contributed by atoms with Crippen LogP contribution >= 0.6 is 0 Å². The van der Waals surface area contributed by atoms with Crippen LogP contribution in [-0.4, -0.2) is 16.5 Å². The minimum absolute atomic E-state index is 0.282. The van der Waals surface area contributed by atoms with Gasteiger partial charge in [-0.15, -0.1) is 0 Å². The normalized spacial score (nSPS) is 10.0. The number of hydrogen-bond acceptors (Lipinski definition) is 5. The molecule has 0 radical (unpaired) electrons. The summed E-state index contributed by atoms with van der Waals surface area (Å²) in [5.41, 5.74) is 1.46. The van der Waals surface area contributed by atoms with Crippen molar-refractivity contribution in [2.24, 2.45) is 0 Å². The first-order valence-corrected chi connectivity index (χ1v) is 6.74. The molecule has 2 aromatic rings. The minimum atomic E-state index is -0.486. The van der Waals surface area contributed by atoms with Crippen molar-refractivity contribution in [1.29, 1.82) is 5.26 Å². The molecule has 6 heteroatoms. The van der Waals surface area contributed by atoms with Crippen molar-refractivity contribution in [2.45, 2.75) is 20.3 Å². The van der Waals surface area contributed by atoms with E-state index in [0.29, 0.717) is 12.2 Å². The van der Waals surface area contributed by atoms with Gasteiger partial charge < -0.3 is 10.6 Å². The van der Waals surface area contributed by atoms with Crippen LogP contribution in [-0.2, 0) is 6.42 Å². The highest BCUT2D eigenvalue weighted by Crippen LogP contribution is 2.25. The van der Waals surface area contributed by atoms with E-state index in [4.69, 9.17) is 5.26 Å². The Bertz CT molecular complexity index is 678. The lowest BCUT2D eigenvalue weighted by Gasteiger charge is -2.14. The van der Waals surface area contributed by atoms with Crippen LogP contribution < -0.4 is 10.6 Å². The zero-order valence-corrected chi connectivity index (χ0v) is 11.9. The molecule has 0 atom stereocenters. The second-order valence-electron chi connectivity index (χ2n) is 4.36. The molecule has 21 heavy (non-hydrogen) atoms. The molecule has 1 aromatic heterocycles. The van der Waals surface area contributed by atoms with Gasteiger partial charge in [0.25, 0.3) is 0 Å². The Balaban J connectivity index is 2.35. The Labute approximate surface area is 122 Å². The van der Waals surface area contributed by atoms with Gasteiger partial charge >= 0.3 is 0 Å². The molecule has 0 aliphatic carbocycles. The largest absolute Gasteiger partial charge is 0.370 e. The molecule has 1 aromatic carbocycles. The van der Waals surface area contributed by atoms with Crippen LogP contribution in [0.15, 0.2) is 24.5 Å². The molecule has 0 bridgehead atoms. The van der Waals surface area contributed by atoms with Crippen molar-refractivity contribution in [3.05, 3.63) is 41.5 Å². The number of benzene rings is 1. The molecule has 5 nitrogen and oxygen atoms in total. The summed E-state index contributed by atoms with van der Waals surface area (Å²) in [4.78, 5) is 8.37. The van der Waals surface area contributed by atoms with E-state index in [9.17, 15) is 4.39 Å². The first-order valence-electron chi connectivity index (χ1n) is 6.74. The Hall–Kier alpha value is -2.68. The smallest absolute Gasteiger partial charge is 0.147 e. The predicted octanol–water partition coefficient (Wildman–Crippen LogP) is 3.23. The molecule has 0 saturated carbocycles. The second-order valence-corrected chi connectivity index (χ2v) is 4.36. The van der Waals surface area contributed by atoms with E-state index in [0.717, 1.165) is 17.9 Å². The van der Waals surface area contributed by atoms with Crippen LogP contribution in [0, 0.1) is 17.1 Å². The topological polar surface area (TPSA) is 73.6 Å². The third-order valence-electron chi connectivity index (χ3n) is 2.99. The van der Waals surface area contributed by atoms with E-state index in [1.54, 1.807) is 6.07 Å². The second kappa shape index (κ2) is 6.66. The van der Waals surface area contributed by atoms with Crippen molar-refractivity contribution in [2.75, 3.05) is 17.2 Å². The zero-order chi connectivity index (χ0) is 15.2. The number of anilines is 3. The summed E-state index contributed by atoms with van der Waals surface area (Å²) >= 11 is 0. The van der Waals surface area contributed by atoms with E-state index in [-0.39, 0.29) is 11.3 Å². The van der Waals surface area contributed by atoms with Crippen molar-refractivity contribution in [1.82, 2.24) is 9.97 Å². The zero-order valence-electron chi connectivity index (χ0n) is 11.9. The fourth-order valence-electron chi connectivity index (χ4n) is 1.99. The fraction of sp³-hybridized carbons (Fsp3) is 0.267. The molecule has 0 aliphatic heterocycles. The predicted molar refractivity (Wildman–Crippen MR) is 80.0 cm³/mol. The van der Waals surface area contributed by atoms with Gasteiger partial charge in [-0.25, -0.2) is 14.4 Å². The average molecular weight is 285 g/mol. The van der Waals surface area contributed by atoms with Gasteiger partial charge in [0.1, 0.15) is 23.8 Å². The molecule has 0 aliphatic rings. The average Bonchev–Trinajstić information content (AvgIpc) is 2.50. The first-order chi connectivity index (χ1) is 10.2. The van der Waals surface area contributed by atoms with Gasteiger partial charge in [-0.3, -0.25) is 0 Å². The van der Waals surface area contributed by atoms with Gasteiger partial charge in [-0.2, -0.15) is 5.26 Å². The molecule has 2 rings (SSSR count). The van der Waals surface area contributed by atoms with Gasteiger partial charge in [0.05, 0.1) is 17.3 Å². The van der Waals surface area contributed by atoms with Crippen molar-refractivity contribution >= 4 is 17.3 Å². The van der Waals surface area contributed by atoms with E-state index in [1.807, 2.05) is 19.9 Å². The van der Waals surface area contributed by atoms with Crippen LogP contribution in [0.25, 0.3) is 0 Å². The summed E-state index contributed by atoms with van der Waals surface area (Å²) in [6.45, 7) is 4.71. The lowest BCUT2D eigenvalue weighted by Crippen LogP contribution is -2.08. The summed E-state index contributed by atoms with van der Waals surface area (Å²) < 4.78 is 13.9. The fourth-order valence-corrected chi connectivity index (χ4v) is 1.99. The van der Waals surface area contributed by atoms with Crippen molar-refractivity contribution < 1.29 is 4.39 Å². The summed E-state index contributed by atoms with van der Waals surface area (Å²) in [7, 11) is 0. The number of hydrogen-bond donors (Lipinski definition) is 2. The number of aromatic nitrogens is 2. The van der Waals surface area contributed by atoms with Crippen LogP contribution in [0.2, 0.25) is 0 Å². The third-order valence-corrected chi connectivity index (χ3v) is 2.99. The SMILES string of the molecule is CCNc1ncnc(Nc2ccc(C#N)cc2F)c1CC. The monoisotopic (exact) mass is 285 g/mol. The highest BCUT2D eigenvalue weighted by Gasteiger charge is 2.11. The van der Waals surface area contributed by atoms with Gasteiger partial charge in [0.15, 0.2) is 0 Å². The molecule has 1 heterocycles. The Kier molecular flexibility index (Phi) is 4.67. The maximum atomic E-state index is 13.9. The molecule has 0 spiro atoms. The number of nitrogens with one attached hydrogen (secondary N) is 2. The van der Waals surface area contributed by atoms with Crippen LogP contribution in [0.5, 0.6) is 0 Å². The number of halogens is 1. The van der Waals surface area contributed by atoms with E-state index in [2.05, 4.69) is 20.6 Å². The Morgan fingerprint density at radius 1 is 1.24 bits per heavy atom. The quantitative estimate of drug-likeness (QED) is 0.882. The number of rotatable bonds is 5. The van der Waals surface area contributed by atoms with Crippen LogP contribution in [0.1, 0.15) is 25.0 Å². The molecule has 2 N–H and O–H groups in total. The minimum Gasteiger partial charge on any atom is -0.370 e. The molecular weight excluding hydrogens is 269 g/mol. The highest BCUT2D eigenvalue weighted by molar-refractivity contribution is 5.65. The first kappa shape index (κ1) is 14.7. The lowest BCUT2D eigenvalue weighted by atomic mass is 10.2. The van der Waals surface area contributed by atoms with E-state index >= 15 is 0 Å². The molecule has 0 fully saturated rings. The molecule has 108 valence electrons. The van der Waals surface area contributed by atoms with E-state index in [1.165, 1.54) is 18.5 Å². The van der Waals surface area contributed by atoms with Gasteiger partial charge in [0, 0.05) is 12.1 Å². The van der Waals surface area contributed by atoms with Crippen molar-refractivity contribution in [3.63, 3.8) is 0 Å². The number of nitriles is 1. The molecule has 0 amide bonds. The third kappa shape index (κ3) is 3.26. The Morgan fingerprint density at radius 2 is 2.00 bits per heavy atom. The summed E-state index contributed by atoms with van der Waals surface area (Å²) in [5.74, 6) is 0.818. The van der Waals surface area contributed by atoms with Gasteiger partial charge in [0.2, 0.25) is 0 Å². The highest BCUT2D eigenvalue weighted by atomic mass is 19.1. The molecule has 0 unspecified atom stereocenters. The molecular formula is C15H16FN5. The van der Waals surface area contributed by atoms with Crippen LogP contribution in [0.3, 0.4) is 0 Å². The maximum absolute atomic E-state index is 13.9.